The fraction of sp³-hybridized carbons (Fsp3) is 0.364. The molecule has 0 aliphatic rings. The number of benzene rings is 1. The Balaban J connectivity index is 0.00000225. The molecule has 0 aliphatic heterocycles. The summed E-state index contributed by atoms with van der Waals surface area (Å²) in [5.41, 5.74) is 6.34. The quantitative estimate of drug-likeness (QED) is 0.717. The number of aryl methyl sites for hydroxylation is 1. The van der Waals surface area contributed by atoms with E-state index in [9.17, 15) is 9.90 Å². The lowest BCUT2D eigenvalue weighted by molar-refractivity contribution is -0.141. The van der Waals surface area contributed by atoms with Crippen LogP contribution in [-0.2, 0) is 11.2 Å². The molecule has 0 heterocycles. The topological polar surface area (TPSA) is 83.6 Å². The van der Waals surface area contributed by atoms with Gasteiger partial charge in [0.05, 0.1) is 6.10 Å². The molecule has 90 valence electrons. The van der Waals surface area contributed by atoms with Crippen LogP contribution in [0.15, 0.2) is 30.3 Å². The molecule has 5 heteroatoms. The Labute approximate surface area is 100 Å². The van der Waals surface area contributed by atoms with Gasteiger partial charge in [-0.05, 0) is 18.4 Å². The van der Waals surface area contributed by atoms with Crippen molar-refractivity contribution in [1.82, 2.24) is 0 Å². The van der Waals surface area contributed by atoms with E-state index in [4.69, 9.17) is 10.8 Å². The van der Waals surface area contributed by atoms with Crippen molar-refractivity contribution >= 4 is 18.4 Å². The normalized spacial score (nSPS) is 13.6. The van der Waals surface area contributed by atoms with Crippen LogP contribution in [0.25, 0.3) is 0 Å². The largest absolute Gasteiger partial charge is 0.480 e. The molecule has 0 bridgehead atoms. The Morgan fingerprint density at radius 2 is 1.88 bits per heavy atom. The van der Waals surface area contributed by atoms with E-state index in [1.165, 1.54) is 0 Å². The summed E-state index contributed by atoms with van der Waals surface area (Å²) in [5, 5.41) is 18.0. The van der Waals surface area contributed by atoms with Crippen LogP contribution in [0.1, 0.15) is 12.0 Å². The Kier molecular flexibility index (Phi) is 6.72. The zero-order valence-electron chi connectivity index (χ0n) is 8.74. The molecular formula is C11H16ClNO3. The molecule has 0 saturated carbocycles. The number of carboxylic acids is 1. The molecule has 0 spiro atoms. The number of aliphatic hydroxyl groups is 1. The summed E-state index contributed by atoms with van der Waals surface area (Å²) in [6, 6.07) is 8.37. The lowest BCUT2D eigenvalue weighted by Gasteiger charge is -2.14. The number of hydrogen-bond donors (Lipinski definition) is 3. The van der Waals surface area contributed by atoms with Gasteiger partial charge in [0, 0.05) is 0 Å². The van der Waals surface area contributed by atoms with E-state index < -0.39 is 18.1 Å². The van der Waals surface area contributed by atoms with Crippen LogP contribution >= 0.6 is 12.4 Å². The number of carbonyl (C=O) groups is 1. The van der Waals surface area contributed by atoms with Crippen LogP contribution in [0, 0.1) is 0 Å². The Morgan fingerprint density at radius 1 is 1.31 bits per heavy atom. The Bertz CT molecular complexity index is 318. The number of carboxylic acid groups (broad SMARTS) is 1. The van der Waals surface area contributed by atoms with E-state index in [1.54, 1.807) is 0 Å². The number of hydrogen-bond acceptors (Lipinski definition) is 3. The van der Waals surface area contributed by atoms with Crippen molar-refractivity contribution in [2.75, 3.05) is 0 Å². The van der Waals surface area contributed by atoms with Crippen LogP contribution in [0.2, 0.25) is 0 Å². The zero-order chi connectivity index (χ0) is 11.3. The number of rotatable bonds is 5. The van der Waals surface area contributed by atoms with Crippen LogP contribution in [0.5, 0.6) is 0 Å². The second-order valence-electron chi connectivity index (χ2n) is 3.46. The predicted molar refractivity (Wildman–Crippen MR) is 63.6 cm³/mol. The molecule has 2 atom stereocenters. The number of nitrogens with two attached hydrogens (primary N) is 1. The average molecular weight is 246 g/mol. The molecule has 1 aromatic rings. The van der Waals surface area contributed by atoms with Crippen LogP contribution in [0.4, 0.5) is 0 Å². The van der Waals surface area contributed by atoms with Crippen LogP contribution < -0.4 is 5.73 Å². The minimum Gasteiger partial charge on any atom is -0.480 e. The van der Waals surface area contributed by atoms with Gasteiger partial charge in [0.15, 0.2) is 0 Å². The highest BCUT2D eigenvalue weighted by Crippen LogP contribution is 2.06. The van der Waals surface area contributed by atoms with E-state index in [-0.39, 0.29) is 12.4 Å². The molecule has 0 aromatic heterocycles. The Hall–Kier alpha value is -1.10. The molecule has 4 N–H and O–H groups in total. The number of aliphatic carboxylic acids is 1. The molecule has 0 amide bonds. The predicted octanol–water partition coefficient (Wildman–Crippen LogP) is 0.814. The van der Waals surface area contributed by atoms with E-state index in [2.05, 4.69) is 0 Å². The van der Waals surface area contributed by atoms with Crippen molar-refractivity contribution in [2.24, 2.45) is 5.73 Å². The second kappa shape index (κ2) is 7.22. The van der Waals surface area contributed by atoms with Gasteiger partial charge in [0.1, 0.15) is 6.04 Å². The molecule has 0 fully saturated rings. The van der Waals surface area contributed by atoms with E-state index in [0.29, 0.717) is 12.8 Å². The molecular weight excluding hydrogens is 230 g/mol. The summed E-state index contributed by atoms with van der Waals surface area (Å²) in [7, 11) is 0. The third kappa shape index (κ3) is 4.61. The third-order valence-corrected chi connectivity index (χ3v) is 2.27. The van der Waals surface area contributed by atoms with Gasteiger partial charge >= 0.3 is 5.97 Å². The van der Waals surface area contributed by atoms with Crippen LogP contribution in [0.3, 0.4) is 0 Å². The maximum absolute atomic E-state index is 10.5. The third-order valence-electron chi connectivity index (χ3n) is 2.27. The van der Waals surface area contributed by atoms with E-state index in [0.717, 1.165) is 5.56 Å². The monoisotopic (exact) mass is 245 g/mol. The molecule has 16 heavy (non-hydrogen) atoms. The fourth-order valence-corrected chi connectivity index (χ4v) is 1.30. The molecule has 0 saturated heterocycles. The first-order chi connectivity index (χ1) is 7.11. The zero-order valence-corrected chi connectivity index (χ0v) is 9.56. The summed E-state index contributed by atoms with van der Waals surface area (Å²) in [6.45, 7) is 0. The van der Waals surface area contributed by atoms with Crippen LogP contribution in [-0.4, -0.2) is 28.3 Å². The molecule has 0 unspecified atom stereocenters. The smallest absolute Gasteiger partial charge is 0.323 e. The van der Waals surface area contributed by atoms with Crippen molar-refractivity contribution < 1.29 is 15.0 Å². The maximum atomic E-state index is 10.5. The molecule has 0 radical (unpaired) electrons. The molecule has 1 rings (SSSR count). The van der Waals surface area contributed by atoms with Crippen molar-refractivity contribution in [3.8, 4) is 0 Å². The van der Waals surface area contributed by atoms with E-state index >= 15 is 0 Å². The average Bonchev–Trinajstić information content (AvgIpc) is 2.26. The Morgan fingerprint density at radius 3 is 2.38 bits per heavy atom. The van der Waals surface area contributed by atoms with Crippen molar-refractivity contribution in [3.05, 3.63) is 35.9 Å². The highest BCUT2D eigenvalue weighted by atomic mass is 35.5. The standard InChI is InChI=1S/C11H15NO3.ClH/c12-10(11(14)15)9(13)7-6-8-4-2-1-3-5-8;/h1-5,9-10,13H,6-7,12H2,(H,14,15);1H/t9-,10+;/m0./s1. The summed E-state index contributed by atoms with van der Waals surface area (Å²) < 4.78 is 0. The first kappa shape index (κ1) is 14.9. The highest BCUT2D eigenvalue weighted by Gasteiger charge is 2.21. The van der Waals surface area contributed by atoms with Gasteiger partial charge < -0.3 is 15.9 Å². The summed E-state index contributed by atoms with van der Waals surface area (Å²) in [6.07, 6.45) is -0.0109. The summed E-state index contributed by atoms with van der Waals surface area (Å²) in [5.74, 6) is -1.17. The lowest BCUT2D eigenvalue weighted by atomic mass is 10.0. The fourth-order valence-electron chi connectivity index (χ4n) is 1.30. The minimum absolute atomic E-state index is 0. The van der Waals surface area contributed by atoms with Gasteiger partial charge in [0.25, 0.3) is 0 Å². The first-order valence-electron chi connectivity index (χ1n) is 4.81. The van der Waals surface area contributed by atoms with Crippen molar-refractivity contribution in [1.29, 1.82) is 0 Å². The summed E-state index contributed by atoms with van der Waals surface area (Å²) >= 11 is 0. The second-order valence-corrected chi connectivity index (χ2v) is 3.46. The minimum atomic E-state index is -1.20. The SMILES string of the molecule is Cl.N[C@@H](C(=O)O)[C@@H](O)CCc1ccccc1. The summed E-state index contributed by atoms with van der Waals surface area (Å²) in [4.78, 5) is 10.5. The van der Waals surface area contributed by atoms with Gasteiger partial charge in [-0.2, -0.15) is 0 Å². The number of aliphatic hydroxyl groups excluding tert-OH is 1. The van der Waals surface area contributed by atoms with Gasteiger partial charge in [-0.1, -0.05) is 30.3 Å². The highest BCUT2D eigenvalue weighted by molar-refractivity contribution is 5.85. The maximum Gasteiger partial charge on any atom is 0.323 e. The molecule has 1 aromatic carbocycles. The molecule has 4 nitrogen and oxygen atoms in total. The van der Waals surface area contributed by atoms with Gasteiger partial charge in [-0.25, -0.2) is 0 Å². The van der Waals surface area contributed by atoms with Gasteiger partial charge in [-0.3, -0.25) is 4.79 Å². The van der Waals surface area contributed by atoms with E-state index in [1.807, 2.05) is 30.3 Å². The van der Waals surface area contributed by atoms with Gasteiger partial charge in [0.2, 0.25) is 0 Å². The number of halogens is 1. The van der Waals surface area contributed by atoms with Gasteiger partial charge in [-0.15, -0.1) is 12.4 Å². The van der Waals surface area contributed by atoms with Crippen molar-refractivity contribution in [3.63, 3.8) is 0 Å². The molecule has 0 aliphatic carbocycles. The lowest BCUT2D eigenvalue weighted by Crippen LogP contribution is -2.41. The first-order valence-corrected chi connectivity index (χ1v) is 4.81. The van der Waals surface area contributed by atoms with Crippen molar-refractivity contribution in [2.45, 2.75) is 25.0 Å².